The summed E-state index contributed by atoms with van der Waals surface area (Å²) in [6, 6.07) is 5.94. The first-order valence-electron chi connectivity index (χ1n) is 5.93. The predicted octanol–water partition coefficient (Wildman–Crippen LogP) is 3.11. The van der Waals surface area contributed by atoms with E-state index in [9.17, 15) is 0 Å². The Morgan fingerprint density at radius 3 is 2.33 bits per heavy atom. The van der Waals surface area contributed by atoms with Gasteiger partial charge in [-0.15, -0.1) is 0 Å². The quantitative estimate of drug-likeness (QED) is 0.659. The van der Waals surface area contributed by atoms with E-state index >= 15 is 0 Å². The number of rotatable bonds is 4. The topological polar surface area (TPSA) is 36.4 Å². The largest absolute Gasteiger partial charge is 0.356 e. The Balaban J connectivity index is 2.45. The molecule has 0 fully saturated rings. The van der Waals surface area contributed by atoms with Crippen molar-refractivity contribution in [3.05, 3.63) is 33.8 Å². The number of aliphatic imine (C=N–C) groups is 1. The Labute approximate surface area is 119 Å². The highest BCUT2D eigenvalue weighted by atomic mass is 35.5. The predicted molar refractivity (Wildman–Crippen MR) is 79.8 cm³/mol. The average Bonchev–Trinajstić information content (AvgIpc) is 2.25. The van der Waals surface area contributed by atoms with Crippen LogP contribution >= 0.6 is 23.2 Å². The molecule has 0 radical (unpaired) electrons. The van der Waals surface area contributed by atoms with Gasteiger partial charge < -0.3 is 10.6 Å². The summed E-state index contributed by atoms with van der Waals surface area (Å²) in [7, 11) is 1.76. The van der Waals surface area contributed by atoms with Gasteiger partial charge in [-0.1, -0.05) is 23.2 Å². The fourth-order valence-corrected chi connectivity index (χ4v) is 2.12. The average molecular weight is 288 g/mol. The molecule has 0 aromatic heterocycles. The second-order valence-corrected chi connectivity index (χ2v) is 5.20. The zero-order valence-corrected chi connectivity index (χ0v) is 12.4. The Kier molecular flexibility index (Phi) is 6.30. The maximum atomic E-state index is 5.95. The fourth-order valence-electron chi connectivity index (χ4n) is 1.55. The van der Waals surface area contributed by atoms with Crippen LogP contribution in [0.5, 0.6) is 0 Å². The molecular weight excluding hydrogens is 269 g/mol. The lowest BCUT2D eigenvalue weighted by Crippen LogP contribution is -2.41. The van der Waals surface area contributed by atoms with Crippen molar-refractivity contribution in [2.75, 3.05) is 13.6 Å². The molecule has 0 aliphatic heterocycles. The normalized spacial score (nSPS) is 11.8. The monoisotopic (exact) mass is 287 g/mol. The number of hydrogen-bond acceptors (Lipinski definition) is 1. The van der Waals surface area contributed by atoms with Gasteiger partial charge in [0.25, 0.3) is 0 Å². The van der Waals surface area contributed by atoms with Gasteiger partial charge in [0.1, 0.15) is 0 Å². The van der Waals surface area contributed by atoms with E-state index in [1.165, 1.54) is 0 Å². The molecule has 100 valence electrons. The summed E-state index contributed by atoms with van der Waals surface area (Å²) < 4.78 is 0. The highest BCUT2D eigenvalue weighted by Gasteiger charge is 2.01. The minimum absolute atomic E-state index is 0.358. The zero-order valence-electron chi connectivity index (χ0n) is 10.9. The molecule has 1 aromatic rings. The molecule has 0 aliphatic carbocycles. The fraction of sp³-hybridized carbons (Fsp3) is 0.462. The number of halogens is 2. The molecule has 0 unspecified atom stereocenters. The van der Waals surface area contributed by atoms with E-state index in [0.717, 1.165) is 24.5 Å². The van der Waals surface area contributed by atoms with Crippen LogP contribution in [-0.2, 0) is 6.42 Å². The summed E-state index contributed by atoms with van der Waals surface area (Å²) in [5.74, 6) is 0.804. The van der Waals surface area contributed by atoms with Gasteiger partial charge in [-0.05, 0) is 44.0 Å². The number of nitrogens with zero attached hydrogens (tertiary/aromatic N) is 1. The maximum Gasteiger partial charge on any atom is 0.191 e. The maximum absolute atomic E-state index is 5.95. The first kappa shape index (κ1) is 15.1. The van der Waals surface area contributed by atoms with Crippen LogP contribution in [0, 0.1) is 0 Å². The standard InChI is InChI=1S/C13H19Cl2N3/c1-9(2)18-13(16-3)17-5-4-10-6-11(14)8-12(15)7-10/h6-9H,4-5H2,1-3H3,(H2,16,17,18). The van der Waals surface area contributed by atoms with E-state index in [1.54, 1.807) is 13.1 Å². The van der Waals surface area contributed by atoms with Gasteiger partial charge in [-0.2, -0.15) is 0 Å². The molecule has 0 saturated heterocycles. The lowest BCUT2D eigenvalue weighted by molar-refractivity contribution is 0.698. The molecule has 18 heavy (non-hydrogen) atoms. The molecule has 0 bridgehead atoms. The van der Waals surface area contributed by atoms with Gasteiger partial charge in [0.15, 0.2) is 5.96 Å². The van der Waals surface area contributed by atoms with Crippen LogP contribution in [0.2, 0.25) is 10.0 Å². The zero-order chi connectivity index (χ0) is 13.5. The van der Waals surface area contributed by atoms with Gasteiger partial charge in [-0.25, -0.2) is 0 Å². The molecular formula is C13H19Cl2N3. The summed E-state index contributed by atoms with van der Waals surface area (Å²) in [5.41, 5.74) is 1.11. The van der Waals surface area contributed by atoms with Crippen LogP contribution in [-0.4, -0.2) is 25.6 Å². The van der Waals surface area contributed by atoms with E-state index in [1.807, 2.05) is 12.1 Å². The SMILES string of the molecule is CN=C(NCCc1cc(Cl)cc(Cl)c1)NC(C)C. The van der Waals surface area contributed by atoms with Gasteiger partial charge in [0.05, 0.1) is 0 Å². The van der Waals surface area contributed by atoms with Crippen molar-refractivity contribution < 1.29 is 0 Å². The van der Waals surface area contributed by atoms with Crippen LogP contribution in [0.25, 0.3) is 0 Å². The highest BCUT2D eigenvalue weighted by molar-refractivity contribution is 6.34. The van der Waals surface area contributed by atoms with E-state index in [4.69, 9.17) is 23.2 Å². The van der Waals surface area contributed by atoms with Crippen molar-refractivity contribution in [1.29, 1.82) is 0 Å². The third kappa shape index (κ3) is 5.61. The number of hydrogen-bond donors (Lipinski definition) is 2. The number of benzene rings is 1. The third-order valence-corrected chi connectivity index (χ3v) is 2.71. The first-order valence-corrected chi connectivity index (χ1v) is 6.69. The molecule has 1 rings (SSSR count). The van der Waals surface area contributed by atoms with Crippen LogP contribution in [0.15, 0.2) is 23.2 Å². The molecule has 2 N–H and O–H groups in total. The Bertz CT molecular complexity index is 396. The van der Waals surface area contributed by atoms with Crippen LogP contribution in [0.4, 0.5) is 0 Å². The Hall–Kier alpha value is -0.930. The van der Waals surface area contributed by atoms with Gasteiger partial charge in [-0.3, -0.25) is 4.99 Å². The lowest BCUT2D eigenvalue weighted by Gasteiger charge is -2.14. The van der Waals surface area contributed by atoms with Crippen LogP contribution < -0.4 is 10.6 Å². The smallest absolute Gasteiger partial charge is 0.191 e. The molecule has 0 amide bonds. The highest BCUT2D eigenvalue weighted by Crippen LogP contribution is 2.19. The van der Waals surface area contributed by atoms with Crippen molar-refractivity contribution in [2.45, 2.75) is 26.3 Å². The van der Waals surface area contributed by atoms with Crippen molar-refractivity contribution >= 4 is 29.2 Å². The van der Waals surface area contributed by atoms with Crippen LogP contribution in [0.3, 0.4) is 0 Å². The molecule has 5 heteroatoms. The minimum Gasteiger partial charge on any atom is -0.356 e. The van der Waals surface area contributed by atoms with E-state index in [2.05, 4.69) is 29.5 Å². The van der Waals surface area contributed by atoms with Crippen molar-refractivity contribution in [2.24, 2.45) is 4.99 Å². The summed E-state index contributed by atoms with van der Waals surface area (Å²) in [5, 5.41) is 7.80. The van der Waals surface area contributed by atoms with Crippen molar-refractivity contribution in [3.8, 4) is 0 Å². The van der Waals surface area contributed by atoms with Crippen molar-refractivity contribution in [3.63, 3.8) is 0 Å². The summed E-state index contributed by atoms with van der Waals surface area (Å²) in [6.45, 7) is 4.93. The van der Waals surface area contributed by atoms with Gasteiger partial charge in [0.2, 0.25) is 0 Å². The molecule has 0 aliphatic rings. The Morgan fingerprint density at radius 2 is 1.83 bits per heavy atom. The van der Waals surface area contributed by atoms with Gasteiger partial charge in [0, 0.05) is 29.7 Å². The molecule has 1 aromatic carbocycles. The summed E-state index contributed by atoms with van der Waals surface area (Å²) >= 11 is 11.9. The molecule has 3 nitrogen and oxygen atoms in total. The number of guanidine groups is 1. The number of nitrogens with one attached hydrogen (secondary N) is 2. The third-order valence-electron chi connectivity index (χ3n) is 2.28. The van der Waals surface area contributed by atoms with E-state index in [0.29, 0.717) is 16.1 Å². The summed E-state index contributed by atoms with van der Waals surface area (Å²) in [4.78, 5) is 4.14. The van der Waals surface area contributed by atoms with E-state index in [-0.39, 0.29) is 0 Å². The molecule has 0 heterocycles. The summed E-state index contributed by atoms with van der Waals surface area (Å²) in [6.07, 6.45) is 0.846. The molecule has 0 atom stereocenters. The molecule has 0 spiro atoms. The van der Waals surface area contributed by atoms with Crippen LogP contribution in [0.1, 0.15) is 19.4 Å². The first-order chi connectivity index (χ1) is 8.51. The van der Waals surface area contributed by atoms with Crippen molar-refractivity contribution in [1.82, 2.24) is 10.6 Å². The second kappa shape index (κ2) is 7.49. The second-order valence-electron chi connectivity index (χ2n) is 4.33. The molecule has 0 saturated carbocycles. The minimum atomic E-state index is 0.358. The lowest BCUT2D eigenvalue weighted by atomic mass is 10.1. The van der Waals surface area contributed by atoms with Gasteiger partial charge >= 0.3 is 0 Å². The Morgan fingerprint density at radius 1 is 1.22 bits per heavy atom. The van der Waals surface area contributed by atoms with E-state index < -0.39 is 0 Å².